The Morgan fingerprint density at radius 3 is 2.67 bits per heavy atom. The number of methoxy groups -OCH3 is 1. The van der Waals surface area contributed by atoms with E-state index in [9.17, 15) is 14.3 Å². The molecule has 198 valence electrons. The summed E-state index contributed by atoms with van der Waals surface area (Å²) in [5.74, 6) is 0.566. The van der Waals surface area contributed by atoms with Crippen LogP contribution in [0, 0.1) is 11.3 Å². The van der Waals surface area contributed by atoms with Crippen molar-refractivity contribution < 1.29 is 23.4 Å². The quantitative estimate of drug-likeness (QED) is 0.357. The molecule has 4 rings (SSSR count). The fourth-order valence-electron chi connectivity index (χ4n) is 6.34. The number of hydrogen-bond donors (Lipinski definition) is 1. The van der Waals surface area contributed by atoms with Crippen LogP contribution < -0.4 is 4.74 Å². The van der Waals surface area contributed by atoms with Crippen molar-refractivity contribution in [3.63, 3.8) is 0 Å². The molecule has 36 heavy (non-hydrogen) atoms. The summed E-state index contributed by atoms with van der Waals surface area (Å²) >= 11 is 0. The lowest BCUT2D eigenvalue weighted by atomic mass is 9.71. The van der Waals surface area contributed by atoms with Gasteiger partial charge in [0.25, 0.3) is 0 Å². The smallest absolute Gasteiger partial charge is 0.303 e. The predicted molar refractivity (Wildman–Crippen MR) is 138 cm³/mol. The molecule has 1 aromatic carbocycles. The number of rotatable bonds is 11. The summed E-state index contributed by atoms with van der Waals surface area (Å²) in [5, 5.41) is 10.2. The van der Waals surface area contributed by atoms with E-state index in [0.29, 0.717) is 28.6 Å². The molecule has 1 atom stereocenters. The number of ether oxygens (including phenoxy) is 1. The van der Waals surface area contributed by atoms with Crippen LogP contribution in [0.4, 0.5) is 8.78 Å². The second-order valence-corrected chi connectivity index (χ2v) is 10.9. The molecule has 1 aliphatic heterocycles. The van der Waals surface area contributed by atoms with Gasteiger partial charge in [0.15, 0.2) is 0 Å². The van der Waals surface area contributed by atoms with E-state index >= 15 is 4.39 Å². The summed E-state index contributed by atoms with van der Waals surface area (Å²) < 4.78 is 34.9. The number of carbonyl (C=O) groups is 1. The fraction of sp³-hybridized carbons (Fsp3) is 0.655. The summed E-state index contributed by atoms with van der Waals surface area (Å²) in [7, 11) is 1.54. The zero-order chi connectivity index (χ0) is 25.5. The van der Waals surface area contributed by atoms with Gasteiger partial charge in [-0.15, -0.1) is 0 Å². The number of nitrogens with zero attached hydrogens (tertiary/aromatic N) is 2. The Labute approximate surface area is 213 Å². The second kappa shape index (κ2) is 12.3. The van der Waals surface area contributed by atoms with Gasteiger partial charge in [-0.3, -0.25) is 9.78 Å². The summed E-state index contributed by atoms with van der Waals surface area (Å²) in [6, 6.07) is 5.22. The highest BCUT2D eigenvalue weighted by molar-refractivity contribution is 5.85. The van der Waals surface area contributed by atoms with Crippen LogP contribution in [-0.4, -0.2) is 47.7 Å². The molecule has 1 saturated carbocycles. The van der Waals surface area contributed by atoms with Crippen molar-refractivity contribution in [2.24, 2.45) is 11.3 Å². The molecule has 0 radical (unpaired) electrons. The number of carboxylic acids is 1. The number of alkyl halides is 2. The number of hydrogen-bond acceptors (Lipinski definition) is 4. The van der Waals surface area contributed by atoms with Crippen LogP contribution in [0.2, 0.25) is 0 Å². The van der Waals surface area contributed by atoms with Crippen LogP contribution >= 0.6 is 0 Å². The zero-order valence-electron chi connectivity index (χ0n) is 21.5. The molecule has 0 spiro atoms. The van der Waals surface area contributed by atoms with E-state index in [1.165, 1.54) is 51.8 Å². The van der Waals surface area contributed by atoms with Crippen LogP contribution in [0.1, 0.15) is 87.9 Å². The molecule has 1 N–H and O–H groups in total. The molecule has 5 nitrogen and oxygen atoms in total. The maximum absolute atomic E-state index is 15.8. The van der Waals surface area contributed by atoms with Gasteiger partial charge in [-0.1, -0.05) is 32.1 Å². The number of pyridine rings is 1. The first kappa shape index (κ1) is 26.8. The predicted octanol–water partition coefficient (Wildman–Crippen LogP) is 7.03. The summed E-state index contributed by atoms with van der Waals surface area (Å²) in [6.07, 6.45) is 10.2. The van der Waals surface area contributed by atoms with Crippen LogP contribution in [0.3, 0.4) is 0 Å². The zero-order valence-corrected chi connectivity index (χ0v) is 21.5. The first-order valence-corrected chi connectivity index (χ1v) is 13.5. The molecule has 7 heteroatoms. The highest BCUT2D eigenvalue weighted by atomic mass is 19.1. The summed E-state index contributed by atoms with van der Waals surface area (Å²) in [5.41, 5.74) is 0.732. The summed E-state index contributed by atoms with van der Waals surface area (Å²) in [6.45, 7) is 2.00. The lowest BCUT2D eigenvalue weighted by molar-refractivity contribution is -0.141. The monoisotopic (exact) mass is 502 g/mol. The maximum Gasteiger partial charge on any atom is 0.303 e. The fourth-order valence-corrected chi connectivity index (χ4v) is 6.34. The molecule has 1 saturated heterocycles. The van der Waals surface area contributed by atoms with Gasteiger partial charge in [-0.2, -0.15) is 0 Å². The van der Waals surface area contributed by atoms with Gasteiger partial charge in [-0.05, 0) is 81.3 Å². The Bertz CT molecular complexity index is 1010. The van der Waals surface area contributed by atoms with E-state index in [0.717, 1.165) is 38.4 Å². The highest BCUT2D eigenvalue weighted by Crippen LogP contribution is 2.43. The van der Waals surface area contributed by atoms with Gasteiger partial charge < -0.3 is 14.7 Å². The van der Waals surface area contributed by atoms with Gasteiger partial charge in [-0.25, -0.2) is 8.78 Å². The minimum absolute atomic E-state index is 0.0526. The standard InChI is InChI=1S/C29H40F2N2O3/c1-36-23-7-8-26-24(17-23)28(22(19-30)20-32-26)25(31)9-11-29(18-27(34)35)12-15-33(16-13-29)14-10-21-5-3-2-4-6-21/h7-8,17,20-21,25H,2-6,9-16,18-19H2,1H3,(H,34,35)/t25-/m1/s1. The Morgan fingerprint density at radius 2 is 2.00 bits per heavy atom. The van der Waals surface area contributed by atoms with E-state index < -0.39 is 24.2 Å². The lowest BCUT2D eigenvalue weighted by Gasteiger charge is -2.42. The van der Waals surface area contributed by atoms with Crippen molar-refractivity contribution in [3.05, 3.63) is 35.5 Å². The average molecular weight is 503 g/mol. The summed E-state index contributed by atoms with van der Waals surface area (Å²) in [4.78, 5) is 18.5. The first-order chi connectivity index (χ1) is 17.4. The Morgan fingerprint density at radius 1 is 1.25 bits per heavy atom. The number of likely N-dealkylation sites (tertiary alicyclic amines) is 1. The van der Waals surface area contributed by atoms with Gasteiger partial charge in [0.1, 0.15) is 18.6 Å². The molecule has 0 amide bonds. The van der Waals surface area contributed by atoms with Gasteiger partial charge in [0.05, 0.1) is 19.0 Å². The average Bonchev–Trinajstić information content (AvgIpc) is 2.90. The topological polar surface area (TPSA) is 62.7 Å². The normalized spacial score (nSPS) is 19.9. The van der Waals surface area contributed by atoms with Crippen molar-refractivity contribution in [1.82, 2.24) is 9.88 Å². The largest absolute Gasteiger partial charge is 0.497 e. The van der Waals surface area contributed by atoms with Crippen LogP contribution in [0.15, 0.2) is 24.4 Å². The van der Waals surface area contributed by atoms with Crippen molar-refractivity contribution in [2.45, 2.75) is 83.5 Å². The maximum atomic E-state index is 15.8. The third-order valence-electron chi connectivity index (χ3n) is 8.61. The SMILES string of the molecule is COc1ccc2ncc(CF)c([C@H](F)CCC3(CC(=O)O)CCN(CCC4CCCCC4)CC3)c2c1. The molecule has 0 unspecified atom stereocenters. The minimum Gasteiger partial charge on any atom is -0.497 e. The number of fused-ring (bicyclic) bond motifs is 1. The van der Waals surface area contributed by atoms with Gasteiger partial charge >= 0.3 is 5.97 Å². The number of aliphatic carboxylic acids is 1. The highest BCUT2D eigenvalue weighted by Gasteiger charge is 2.37. The Balaban J connectivity index is 1.43. The number of aromatic nitrogens is 1. The molecule has 1 aromatic heterocycles. The number of benzene rings is 1. The third kappa shape index (κ3) is 6.53. The molecule has 2 aliphatic rings. The van der Waals surface area contributed by atoms with Crippen molar-refractivity contribution >= 4 is 16.9 Å². The van der Waals surface area contributed by atoms with Gasteiger partial charge in [0.2, 0.25) is 0 Å². The van der Waals surface area contributed by atoms with E-state index in [4.69, 9.17) is 4.74 Å². The van der Waals surface area contributed by atoms with Crippen molar-refractivity contribution in [3.8, 4) is 5.75 Å². The molecular weight excluding hydrogens is 462 g/mol. The van der Waals surface area contributed by atoms with Crippen LogP contribution in [-0.2, 0) is 11.5 Å². The Kier molecular flexibility index (Phi) is 9.15. The van der Waals surface area contributed by atoms with Crippen molar-refractivity contribution in [1.29, 1.82) is 0 Å². The van der Waals surface area contributed by atoms with Crippen LogP contribution in [0.5, 0.6) is 5.75 Å². The molecular formula is C29H40F2N2O3. The van der Waals surface area contributed by atoms with E-state index in [-0.39, 0.29) is 18.4 Å². The third-order valence-corrected chi connectivity index (χ3v) is 8.61. The molecule has 1 aliphatic carbocycles. The van der Waals surface area contributed by atoms with Crippen LogP contribution in [0.25, 0.3) is 10.9 Å². The van der Waals surface area contributed by atoms with E-state index in [1.54, 1.807) is 18.2 Å². The molecule has 2 heterocycles. The molecule has 2 fully saturated rings. The molecule has 2 aromatic rings. The van der Waals surface area contributed by atoms with E-state index in [2.05, 4.69) is 9.88 Å². The van der Waals surface area contributed by atoms with Crippen molar-refractivity contribution in [2.75, 3.05) is 26.7 Å². The minimum atomic E-state index is -1.40. The molecule has 0 bridgehead atoms. The van der Waals surface area contributed by atoms with Gasteiger partial charge in [0, 0.05) is 22.7 Å². The second-order valence-electron chi connectivity index (χ2n) is 10.9. The first-order valence-electron chi connectivity index (χ1n) is 13.5. The number of carboxylic acid groups (broad SMARTS) is 1. The Hall–Kier alpha value is -2.28. The number of piperidine rings is 1. The van der Waals surface area contributed by atoms with E-state index in [1.807, 2.05) is 0 Å². The lowest BCUT2D eigenvalue weighted by Crippen LogP contribution is -2.42. The number of halogens is 2.